The molecule has 1 aromatic heterocycles. The van der Waals surface area contributed by atoms with Gasteiger partial charge < -0.3 is 18.9 Å². The van der Waals surface area contributed by atoms with E-state index in [2.05, 4.69) is 0 Å². The Morgan fingerprint density at radius 3 is 2.21 bits per heavy atom. The highest BCUT2D eigenvalue weighted by atomic mass is 32.2. The van der Waals surface area contributed by atoms with Gasteiger partial charge in [0.25, 0.3) is 0 Å². The minimum absolute atomic E-state index is 0.295. The zero-order valence-electron chi connectivity index (χ0n) is 18.8. The van der Waals surface area contributed by atoms with Gasteiger partial charge in [-0.3, -0.25) is 14.4 Å². The largest absolute Gasteiger partial charge is 0.475 e. The Bertz CT molecular complexity index is 1180. The van der Waals surface area contributed by atoms with Crippen molar-refractivity contribution in [3.63, 3.8) is 0 Å². The van der Waals surface area contributed by atoms with E-state index in [0.717, 1.165) is 20.8 Å². The Kier molecular flexibility index (Phi) is 7.38. The normalized spacial score (nSPS) is 22.1. The third kappa shape index (κ3) is 5.51. The fourth-order valence-electron chi connectivity index (χ4n) is 3.67. The molecule has 178 valence electrons. The molecular weight excluding hydrogens is 478 g/mol. The van der Waals surface area contributed by atoms with Gasteiger partial charge in [0.05, 0.1) is 15.8 Å². The summed E-state index contributed by atoms with van der Waals surface area (Å²) in [4.78, 5) is 40.0. The van der Waals surface area contributed by atoms with Crippen LogP contribution in [0.25, 0.3) is 20.8 Å². The molecule has 10 heteroatoms. The standard InChI is InChI=1S/C24H23NO7S2/c1-13(26)29-19-12-33-24(22(31-15(3)28)21(19)30-14(2)27)32-18-10-6-4-8-16(18)23-25-17-9-5-7-11-20(17)34-23/h4-11,19,21-22,24H,12H2,1-3H3/t19-,21+,22-,24+/m1/s1. The second kappa shape index (κ2) is 10.4. The van der Waals surface area contributed by atoms with Gasteiger partial charge in [-0.1, -0.05) is 24.3 Å². The molecule has 34 heavy (non-hydrogen) atoms. The van der Waals surface area contributed by atoms with Crippen LogP contribution in [0.4, 0.5) is 0 Å². The first-order valence-corrected chi connectivity index (χ1v) is 12.4. The number of thiazole rings is 1. The van der Waals surface area contributed by atoms with Crippen molar-refractivity contribution in [2.24, 2.45) is 0 Å². The number of hydrogen-bond acceptors (Lipinski definition) is 10. The van der Waals surface area contributed by atoms with Crippen molar-refractivity contribution in [1.29, 1.82) is 0 Å². The first kappa shape index (κ1) is 24.0. The molecule has 4 rings (SSSR count). The van der Waals surface area contributed by atoms with Gasteiger partial charge in [0, 0.05) is 26.5 Å². The maximum absolute atomic E-state index is 11.9. The molecule has 1 saturated heterocycles. The number of benzene rings is 2. The van der Waals surface area contributed by atoms with Crippen LogP contribution in [0, 0.1) is 0 Å². The summed E-state index contributed by atoms with van der Waals surface area (Å²) in [6, 6.07) is 15.3. The molecule has 0 aliphatic carbocycles. The van der Waals surface area contributed by atoms with Crippen LogP contribution in [-0.2, 0) is 28.6 Å². The second-order valence-electron chi connectivity index (χ2n) is 7.60. The lowest BCUT2D eigenvalue weighted by Crippen LogP contribution is -2.55. The van der Waals surface area contributed by atoms with E-state index in [0.29, 0.717) is 11.5 Å². The van der Waals surface area contributed by atoms with Crippen LogP contribution in [0.15, 0.2) is 48.5 Å². The molecule has 4 atom stereocenters. The lowest BCUT2D eigenvalue weighted by Gasteiger charge is -2.40. The quantitative estimate of drug-likeness (QED) is 0.363. The molecule has 2 heterocycles. The average molecular weight is 502 g/mol. The summed E-state index contributed by atoms with van der Waals surface area (Å²) in [6.45, 7) is 3.78. The van der Waals surface area contributed by atoms with E-state index in [-0.39, 0.29) is 0 Å². The topological polar surface area (TPSA) is 101 Å². The number of rotatable bonds is 6. The first-order valence-electron chi connectivity index (χ1n) is 10.6. The van der Waals surface area contributed by atoms with Crippen molar-refractivity contribution in [3.8, 4) is 16.3 Å². The van der Waals surface area contributed by atoms with Crippen molar-refractivity contribution in [2.75, 3.05) is 5.75 Å². The number of para-hydroxylation sites is 2. The van der Waals surface area contributed by atoms with Crippen molar-refractivity contribution in [2.45, 2.75) is 44.5 Å². The highest BCUT2D eigenvalue weighted by molar-refractivity contribution is 7.99. The van der Waals surface area contributed by atoms with Gasteiger partial charge in [-0.05, 0) is 24.3 Å². The summed E-state index contributed by atoms with van der Waals surface area (Å²) in [5.74, 6) is -0.837. The zero-order valence-corrected chi connectivity index (χ0v) is 20.4. The minimum Gasteiger partial charge on any atom is -0.475 e. The van der Waals surface area contributed by atoms with E-state index in [1.807, 2.05) is 48.5 Å². The van der Waals surface area contributed by atoms with Gasteiger partial charge in [-0.15, -0.1) is 23.1 Å². The number of nitrogens with zero attached hydrogens (tertiary/aromatic N) is 1. The van der Waals surface area contributed by atoms with Gasteiger partial charge in [-0.2, -0.15) is 0 Å². The number of hydrogen-bond donors (Lipinski definition) is 0. The molecule has 0 bridgehead atoms. The molecule has 2 aromatic carbocycles. The second-order valence-corrected chi connectivity index (χ2v) is 9.76. The van der Waals surface area contributed by atoms with Crippen LogP contribution in [0.3, 0.4) is 0 Å². The van der Waals surface area contributed by atoms with E-state index < -0.39 is 41.7 Å². The first-order chi connectivity index (χ1) is 16.3. The molecule has 1 fully saturated rings. The Balaban J connectivity index is 1.66. The van der Waals surface area contributed by atoms with Crippen molar-refractivity contribution >= 4 is 51.2 Å². The Morgan fingerprint density at radius 2 is 1.50 bits per heavy atom. The fourth-order valence-corrected chi connectivity index (χ4v) is 5.87. The monoisotopic (exact) mass is 501 g/mol. The molecule has 0 saturated carbocycles. The summed E-state index contributed by atoms with van der Waals surface area (Å²) in [6.07, 6.45) is -2.78. The van der Waals surface area contributed by atoms with Gasteiger partial charge in [0.1, 0.15) is 10.8 Å². The number of carbonyl (C=O) groups excluding carboxylic acids is 3. The molecule has 0 N–H and O–H groups in total. The summed E-state index contributed by atoms with van der Waals surface area (Å²) in [5.41, 5.74) is 0.967. The van der Waals surface area contributed by atoms with Crippen LogP contribution in [0.5, 0.6) is 5.75 Å². The van der Waals surface area contributed by atoms with Gasteiger partial charge in [0.2, 0.25) is 0 Å². The predicted octanol–water partition coefficient (Wildman–Crippen LogP) is 4.21. The fraction of sp³-hybridized carbons (Fsp3) is 0.333. The van der Waals surface area contributed by atoms with E-state index in [1.165, 1.54) is 32.5 Å². The van der Waals surface area contributed by atoms with Crippen LogP contribution in [-0.4, -0.2) is 52.4 Å². The minimum atomic E-state index is -1.01. The van der Waals surface area contributed by atoms with Crippen molar-refractivity contribution in [1.82, 2.24) is 4.98 Å². The average Bonchev–Trinajstić information content (AvgIpc) is 3.21. The van der Waals surface area contributed by atoms with Crippen molar-refractivity contribution in [3.05, 3.63) is 48.5 Å². The highest BCUT2D eigenvalue weighted by Gasteiger charge is 2.47. The molecular formula is C24H23NO7S2. The van der Waals surface area contributed by atoms with E-state index in [1.54, 1.807) is 11.3 Å². The van der Waals surface area contributed by atoms with Crippen molar-refractivity contribution < 1.29 is 33.3 Å². The SMILES string of the molecule is CC(=O)O[C@@H]1[C@@H](OC(C)=O)[C@@H](Oc2ccccc2-c2nc3ccccc3s2)SC[C@H]1OC(C)=O. The molecule has 1 aliphatic rings. The van der Waals surface area contributed by atoms with E-state index in [9.17, 15) is 14.4 Å². The van der Waals surface area contributed by atoms with Gasteiger partial charge in [0.15, 0.2) is 23.7 Å². The predicted molar refractivity (Wildman–Crippen MR) is 129 cm³/mol. The summed E-state index contributed by atoms with van der Waals surface area (Å²) in [5, 5.41) is 0.788. The highest BCUT2D eigenvalue weighted by Crippen LogP contribution is 2.39. The summed E-state index contributed by atoms with van der Waals surface area (Å²) < 4.78 is 23.7. The molecule has 0 spiro atoms. The molecule has 3 aromatic rings. The number of fused-ring (bicyclic) bond motifs is 1. The lowest BCUT2D eigenvalue weighted by molar-refractivity contribution is -0.186. The smallest absolute Gasteiger partial charge is 0.303 e. The van der Waals surface area contributed by atoms with E-state index >= 15 is 0 Å². The molecule has 0 unspecified atom stereocenters. The Hall–Kier alpha value is -3.11. The van der Waals surface area contributed by atoms with E-state index in [4.69, 9.17) is 23.9 Å². The maximum atomic E-state index is 11.9. The summed E-state index contributed by atoms with van der Waals surface area (Å²) in [7, 11) is 0. The molecule has 0 radical (unpaired) electrons. The Morgan fingerprint density at radius 1 is 0.853 bits per heavy atom. The maximum Gasteiger partial charge on any atom is 0.303 e. The number of carbonyl (C=O) groups is 3. The number of esters is 3. The number of thioether (sulfide) groups is 1. The van der Waals surface area contributed by atoms with Gasteiger partial charge >= 0.3 is 17.9 Å². The third-order valence-electron chi connectivity index (χ3n) is 4.96. The number of ether oxygens (including phenoxy) is 4. The number of aromatic nitrogens is 1. The molecule has 1 aliphatic heterocycles. The zero-order chi connectivity index (χ0) is 24.2. The Labute approximate surface area is 204 Å². The lowest BCUT2D eigenvalue weighted by atomic mass is 10.1. The summed E-state index contributed by atoms with van der Waals surface area (Å²) >= 11 is 2.86. The molecule has 8 nitrogen and oxygen atoms in total. The van der Waals surface area contributed by atoms with Crippen LogP contribution in [0.2, 0.25) is 0 Å². The van der Waals surface area contributed by atoms with Crippen LogP contribution >= 0.6 is 23.1 Å². The third-order valence-corrected chi connectivity index (χ3v) is 7.24. The van der Waals surface area contributed by atoms with Gasteiger partial charge in [-0.25, -0.2) is 4.98 Å². The van der Waals surface area contributed by atoms with Crippen LogP contribution in [0.1, 0.15) is 20.8 Å². The molecule has 0 amide bonds. The van der Waals surface area contributed by atoms with Crippen LogP contribution < -0.4 is 4.74 Å².